The molecule has 3 heteroatoms. The molecule has 1 N–H and O–H groups in total. The third-order valence-corrected chi connectivity index (χ3v) is 4.29. The van der Waals surface area contributed by atoms with E-state index in [1.807, 2.05) is 0 Å². The van der Waals surface area contributed by atoms with Crippen LogP contribution in [-0.2, 0) is 0 Å². The minimum Gasteiger partial charge on any atom is -0.490 e. The average molecular weight is 275 g/mol. The van der Waals surface area contributed by atoms with Crippen LogP contribution in [0.2, 0.25) is 0 Å². The second-order valence-electron chi connectivity index (χ2n) is 7.09. The molecule has 0 bridgehead atoms. The van der Waals surface area contributed by atoms with Crippen LogP contribution in [0.25, 0.3) is 0 Å². The van der Waals surface area contributed by atoms with E-state index in [0.29, 0.717) is 12.0 Å². The molecule has 0 saturated carbocycles. The standard InChI is InChI=1S/C17H25NO2/c1-11-10-18-16(17(2,3)4)13-9-15-14(8-12(11)13)19-6-5-7-20-15/h8-9,11,16,18H,5-7,10H2,1-4H3. The predicted molar refractivity (Wildman–Crippen MR) is 80.7 cm³/mol. The van der Waals surface area contributed by atoms with Crippen LogP contribution < -0.4 is 14.8 Å². The van der Waals surface area contributed by atoms with E-state index in [2.05, 4.69) is 45.1 Å². The molecule has 3 nitrogen and oxygen atoms in total. The van der Waals surface area contributed by atoms with Crippen molar-refractivity contribution in [2.45, 2.75) is 46.1 Å². The van der Waals surface area contributed by atoms with Gasteiger partial charge in [-0.2, -0.15) is 0 Å². The first kappa shape index (κ1) is 13.7. The summed E-state index contributed by atoms with van der Waals surface area (Å²) in [7, 11) is 0. The molecule has 0 aliphatic carbocycles. The van der Waals surface area contributed by atoms with E-state index < -0.39 is 0 Å². The Bertz CT molecular complexity index is 504. The molecule has 1 aromatic rings. The number of ether oxygens (including phenoxy) is 2. The van der Waals surface area contributed by atoms with E-state index >= 15 is 0 Å². The molecule has 20 heavy (non-hydrogen) atoms. The fourth-order valence-corrected chi connectivity index (χ4v) is 3.20. The SMILES string of the molecule is CC1CNC(C(C)(C)C)c2cc3c(cc21)OCCCO3. The zero-order valence-electron chi connectivity index (χ0n) is 13.0. The molecule has 2 aliphatic heterocycles. The number of hydrogen-bond acceptors (Lipinski definition) is 3. The Morgan fingerprint density at radius 1 is 1.05 bits per heavy atom. The maximum Gasteiger partial charge on any atom is 0.161 e. The van der Waals surface area contributed by atoms with Gasteiger partial charge in [-0.15, -0.1) is 0 Å². The molecule has 2 atom stereocenters. The van der Waals surface area contributed by atoms with Crippen LogP contribution in [0.5, 0.6) is 11.5 Å². The molecular formula is C17H25NO2. The third-order valence-electron chi connectivity index (χ3n) is 4.29. The first-order valence-corrected chi connectivity index (χ1v) is 7.63. The summed E-state index contributed by atoms with van der Waals surface area (Å²) in [5, 5.41) is 3.69. The van der Waals surface area contributed by atoms with E-state index in [9.17, 15) is 0 Å². The zero-order valence-corrected chi connectivity index (χ0v) is 13.0. The summed E-state index contributed by atoms with van der Waals surface area (Å²) < 4.78 is 11.7. The Kier molecular flexibility index (Phi) is 3.41. The fourth-order valence-electron chi connectivity index (χ4n) is 3.20. The largest absolute Gasteiger partial charge is 0.490 e. The highest BCUT2D eigenvalue weighted by atomic mass is 16.5. The van der Waals surface area contributed by atoms with E-state index in [1.54, 1.807) is 0 Å². The van der Waals surface area contributed by atoms with Crippen molar-refractivity contribution in [3.63, 3.8) is 0 Å². The maximum atomic E-state index is 5.86. The lowest BCUT2D eigenvalue weighted by Crippen LogP contribution is -2.39. The predicted octanol–water partition coefficient (Wildman–Crippen LogP) is 3.64. The Balaban J connectivity index is 2.09. The second-order valence-corrected chi connectivity index (χ2v) is 7.09. The number of hydrogen-bond donors (Lipinski definition) is 1. The van der Waals surface area contributed by atoms with Gasteiger partial charge in [-0.3, -0.25) is 0 Å². The molecule has 2 unspecified atom stereocenters. The average Bonchev–Trinajstić information content (AvgIpc) is 2.60. The summed E-state index contributed by atoms with van der Waals surface area (Å²) in [5.41, 5.74) is 2.97. The van der Waals surface area contributed by atoms with Crippen LogP contribution in [0, 0.1) is 5.41 Å². The molecular weight excluding hydrogens is 250 g/mol. The van der Waals surface area contributed by atoms with Crippen LogP contribution in [0.1, 0.15) is 57.2 Å². The van der Waals surface area contributed by atoms with Gasteiger partial charge in [-0.1, -0.05) is 27.7 Å². The van der Waals surface area contributed by atoms with Crippen molar-refractivity contribution in [2.75, 3.05) is 19.8 Å². The summed E-state index contributed by atoms with van der Waals surface area (Å²) in [6.07, 6.45) is 0.954. The number of rotatable bonds is 0. The monoisotopic (exact) mass is 275 g/mol. The third kappa shape index (κ3) is 2.39. The summed E-state index contributed by atoms with van der Waals surface area (Å²) in [5.74, 6) is 2.34. The first-order valence-electron chi connectivity index (χ1n) is 7.63. The van der Waals surface area contributed by atoms with E-state index in [-0.39, 0.29) is 5.41 Å². The lowest BCUT2D eigenvalue weighted by atomic mass is 9.76. The van der Waals surface area contributed by atoms with Crippen LogP contribution in [0.4, 0.5) is 0 Å². The fraction of sp³-hybridized carbons (Fsp3) is 0.647. The van der Waals surface area contributed by atoms with Crippen LogP contribution in [0.3, 0.4) is 0 Å². The quantitative estimate of drug-likeness (QED) is 0.784. The van der Waals surface area contributed by atoms with Crippen molar-refractivity contribution in [3.8, 4) is 11.5 Å². The summed E-state index contributed by atoms with van der Waals surface area (Å²) >= 11 is 0. The molecule has 0 spiro atoms. The van der Waals surface area contributed by atoms with Crippen molar-refractivity contribution >= 4 is 0 Å². The van der Waals surface area contributed by atoms with Gasteiger partial charge in [0.15, 0.2) is 11.5 Å². The van der Waals surface area contributed by atoms with Gasteiger partial charge in [0.05, 0.1) is 13.2 Å². The first-order chi connectivity index (χ1) is 9.47. The molecule has 0 aromatic heterocycles. The number of nitrogens with one attached hydrogen (secondary N) is 1. The Labute approximate surface area is 121 Å². The van der Waals surface area contributed by atoms with Crippen LogP contribution in [0.15, 0.2) is 12.1 Å². The molecule has 2 heterocycles. The maximum absolute atomic E-state index is 5.86. The molecule has 0 amide bonds. The molecule has 0 fully saturated rings. The molecule has 2 aliphatic rings. The summed E-state index contributed by atoms with van der Waals surface area (Å²) in [6.45, 7) is 11.6. The molecule has 1 aromatic carbocycles. The highest BCUT2D eigenvalue weighted by Gasteiger charge is 2.34. The summed E-state index contributed by atoms with van der Waals surface area (Å²) in [4.78, 5) is 0. The highest BCUT2D eigenvalue weighted by molar-refractivity contribution is 5.51. The van der Waals surface area contributed by atoms with Gasteiger partial charge in [0.1, 0.15) is 0 Å². The normalized spacial score (nSPS) is 25.8. The van der Waals surface area contributed by atoms with Crippen molar-refractivity contribution < 1.29 is 9.47 Å². The van der Waals surface area contributed by atoms with Gasteiger partial charge >= 0.3 is 0 Å². The van der Waals surface area contributed by atoms with Gasteiger partial charge < -0.3 is 14.8 Å². The van der Waals surface area contributed by atoms with E-state index in [0.717, 1.165) is 37.7 Å². The van der Waals surface area contributed by atoms with Crippen LogP contribution >= 0.6 is 0 Å². The van der Waals surface area contributed by atoms with Gasteiger partial charge in [-0.05, 0) is 34.6 Å². The smallest absolute Gasteiger partial charge is 0.161 e. The Hall–Kier alpha value is -1.22. The zero-order chi connectivity index (χ0) is 14.3. The lowest BCUT2D eigenvalue weighted by molar-refractivity contribution is 0.254. The second kappa shape index (κ2) is 4.96. The summed E-state index contributed by atoms with van der Waals surface area (Å²) in [6, 6.07) is 4.78. The Morgan fingerprint density at radius 3 is 2.25 bits per heavy atom. The highest BCUT2D eigenvalue weighted by Crippen LogP contribution is 2.44. The lowest BCUT2D eigenvalue weighted by Gasteiger charge is -2.39. The molecule has 0 saturated heterocycles. The number of benzene rings is 1. The van der Waals surface area contributed by atoms with Gasteiger partial charge in [0.2, 0.25) is 0 Å². The van der Waals surface area contributed by atoms with Crippen molar-refractivity contribution in [3.05, 3.63) is 23.3 Å². The van der Waals surface area contributed by atoms with Gasteiger partial charge in [0, 0.05) is 19.0 Å². The Morgan fingerprint density at radius 2 is 1.65 bits per heavy atom. The van der Waals surface area contributed by atoms with Crippen molar-refractivity contribution in [1.82, 2.24) is 5.32 Å². The van der Waals surface area contributed by atoms with Gasteiger partial charge in [0.25, 0.3) is 0 Å². The van der Waals surface area contributed by atoms with Crippen molar-refractivity contribution in [1.29, 1.82) is 0 Å². The minimum atomic E-state index is 0.189. The number of fused-ring (bicyclic) bond motifs is 2. The minimum absolute atomic E-state index is 0.189. The molecule has 110 valence electrons. The molecule has 0 radical (unpaired) electrons. The van der Waals surface area contributed by atoms with Crippen molar-refractivity contribution in [2.24, 2.45) is 5.41 Å². The van der Waals surface area contributed by atoms with Gasteiger partial charge in [-0.25, -0.2) is 0 Å². The topological polar surface area (TPSA) is 30.5 Å². The van der Waals surface area contributed by atoms with Crippen LogP contribution in [-0.4, -0.2) is 19.8 Å². The van der Waals surface area contributed by atoms with E-state index in [1.165, 1.54) is 11.1 Å². The van der Waals surface area contributed by atoms with E-state index in [4.69, 9.17) is 9.47 Å². The molecule has 3 rings (SSSR count).